The highest BCUT2D eigenvalue weighted by atomic mass is 35.5. The van der Waals surface area contributed by atoms with Crippen LogP contribution < -0.4 is 5.32 Å². The number of piperidine rings is 1. The third-order valence-corrected chi connectivity index (χ3v) is 5.27. The van der Waals surface area contributed by atoms with E-state index in [-0.39, 0.29) is 24.4 Å². The van der Waals surface area contributed by atoms with Gasteiger partial charge in [-0.05, 0) is 62.4 Å². The molecule has 2 aliphatic heterocycles. The molecule has 25 heavy (non-hydrogen) atoms. The van der Waals surface area contributed by atoms with Crippen LogP contribution in [0.2, 0.25) is 0 Å². The number of ether oxygens (including phenoxy) is 1. The SMILES string of the molecule is CCCC1COCCN1C(=O)c1cccc(CC2CCNCC2)c1.Cl. The van der Waals surface area contributed by atoms with E-state index in [2.05, 4.69) is 24.4 Å². The fourth-order valence-electron chi connectivity index (χ4n) is 3.91. The molecule has 4 nitrogen and oxygen atoms in total. The molecular weight excluding hydrogens is 336 g/mol. The fourth-order valence-corrected chi connectivity index (χ4v) is 3.91. The van der Waals surface area contributed by atoms with Gasteiger partial charge in [0.1, 0.15) is 0 Å². The van der Waals surface area contributed by atoms with Gasteiger partial charge >= 0.3 is 0 Å². The molecule has 2 aliphatic rings. The van der Waals surface area contributed by atoms with E-state index in [1.807, 2.05) is 17.0 Å². The Morgan fingerprint density at radius 1 is 1.32 bits per heavy atom. The van der Waals surface area contributed by atoms with Crippen LogP contribution in [0.5, 0.6) is 0 Å². The van der Waals surface area contributed by atoms with E-state index in [1.165, 1.54) is 18.4 Å². The van der Waals surface area contributed by atoms with Crippen LogP contribution in [0.25, 0.3) is 0 Å². The molecular formula is C20H31ClN2O2. The van der Waals surface area contributed by atoms with E-state index < -0.39 is 0 Å². The Balaban J connectivity index is 0.00000225. The molecule has 2 heterocycles. The number of carbonyl (C=O) groups excluding carboxylic acids is 1. The second-order valence-electron chi connectivity index (χ2n) is 7.11. The number of nitrogens with zero attached hydrogens (tertiary/aromatic N) is 1. The van der Waals surface area contributed by atoms with Gasteiger partial charge in [0.15, 0.2) is 0 Å². The Labute approximate surface area is 157 Å². The average Bonchev–Trinajstić information content (AvgIpc) is 2.63. The summed E-state index contributed by atoms with van der Waals surface area (Å²) in [6.07, 6.45) is 5.65. The molecule has 1 N–H and O–H groups in total. The van der Waals surface area contributed by atoms with Gasteiger partial charge in [0.25, 0.3) is 5.91 Å². The molecule has 2 fully saturated rings. The maximum absolute atomic E-state index is 13.0. The molecule has 0 saturated carbocycles. The van der Waals surface area contributed by atoms with Crippen molar-refractivity contribution >= 4 is 18.3 Å². The van der Waals surface area contributed by atoms with Crippen molar-refractivity contribution in [1.29, 1.82) is 0 Å². The third kappa shape index (κ3) is 5.44. The van der Waals surface area contributed by atoms with Gasteiger partial charge in [0.05, 0.1) is 19.3 Å². The zero-order valence-electron chi connectivity index (χ0n) is 15.2. The Morgan fingerprint density at radius 2 is 2.12 bits per heavy atom. The van der Waals surface area contributed by atoms with Crippen molar-refractivity contribution in [3.05, 3.63) is 35.4 Å². The van der Waals surface area contributed by atoms with Crippen molar-refractivity contribution in [2.24, 2.45) is 5.92 Å². The molecule has 140 valence electrons. The first kappa shape index (κ1) is 20.2. The monoisotopic (exact) mass is 366 g/mol. The standard InChI is InChI=1S/C20H30N2O2.ClH/c1-2-4-19-15-24-12-11-22(19)20(23)18-6-3-5-17(14-18)13-16-7-9-21-10-8-16;/h3,5-6,14,16,19,21H,2,4,7-13,15H2,1H3;1H. The maximum Gasteiger partial charge on any atom is 0.254 e. The Hall–Kier alpha value is -1.10. The van der Waals surface area contributed by atoms with Gasteiger partial charge in [0, 0.05) is 12.1 Å². The van der Waals surface area contributed by atoms with Crippen LogP contribution in [0.3, 0.4) is 0 Å². The highest BCUT2D eigenvalue weighted by Gasteiger charge is 2.27. The normalized spacial score (nSPS) is 21.6. The largest absolute Gasteiger partial charge is 0.377 e. The predicted molar refractivity (Wildman–Crippen MR) is 104 cm³/mol. The van der Waals surface area contributed by atoms with Gasteiger partial charge in [-0.3, -0.25) is 4.79 Å². The lowest BCUT2D eigenvalue weighted by molar-refractivity contribution is -0.00434. The molecule has 1 amide bonds. The van der Waals surface area contributed by atoms with Crippen molar-refractivity contribution in [1.82, 2.24) is 10.2 Å². The number of morpholine rings is 1. The van der Waals surface area contributed by atoms with Gasteiger partial charge in [-0.25, -0.2) is 0 Å². The zero-order chi connectivity index (χ0) is 16.8. The lowest BCUT2D eigenvalue weighted by Gasteiger charge is -2.35. The molecule has 0 bridgehead atoms. The summed E-state index contributed by atoms with van der Waals surface area (Å²) in [7, 11) is 0. The topological polar surface area (TPSA) is 41.6 Å². The van der Waals surface area contributed by atoms with Gasteiger partial charge in [-0.15, -0.1) is 12.4 Å². The number of carbonyl (C=O) groups is 1. The minimum Gasteiger partial charge on any atom is -0.377 e. The van der Waals surface area contributed by atoms with Crippen LogP contribution in [-0.4, -0.2) is 49.7 Å². The summed E-state index contributed by atoms with van der Waals surface area (Å²) in [5, 5.41) is 3.42. The van der Waals surface area contributed by atoms with Crippen molar-refractivity contribution in [2.45, 2.75) is 45.1 Å². The first-order chi connectivity index (χ1) is 11.8. The van der Waals surface area contributed by atoms with Crippen molar-refractivity contribution in [2.75, 3.05) is 32.8 Å². The number of amides is 1. The molecule has 1 aromatic rings. The number of halogens is 1. The number of benzene rings is 1. The summed E-state index contributed by atoms with van der Waals surface area (Å²) in [5.41, 5.74) is 2.14. The Kier molecular flexibility index (Phi) is 8.20. The Morgan fingerprint density at radius 3 is 2.88 bits per heavy atom. The van der Waals surface area contributed by atoms with Crippen molar-refractivity contribution in [3.8, 4) is 0 Å². The van der Waals surface area contributed by atoms with Crippen LogP contribution in [0, 0.1) is 5.92 Å². The third-order valence-electron chi connectivity index (χ3n) is 5.27. The van der Waals surface area contributed by atoms with Crippen molar-refractivity contribution in [3.63, 3.8) is 0 Å². The summed E-state index contributed by atoms with van der Waals surface area (Å²) >= 11 is 0. The first-order valence-corrected chi connectivity index (χ1v) is 9.46. The van der Waals surface area contributed by atoms with Gasteiger partial charge in [-0.1, -0.05) is 25.5 Å². The number of hydrogen-bond acceptors (Lipinski definition) is 3. The summed E-state index contributed by atoms with van der Waals surface area (Å²) in [5.74, 6) is 0.914. The van der Waals surface area contributed by atoms with Crippen molar-refractivity contribution < 1.29 is 9.53 Å². The molecule has 3 rings (SSSR count). The molecule has 0 aliphatic carbocycles. The molecule has 0 aromatic heterocycles. The van der Waals surface area contributed by atoms with E-state index in [0.717, 1.165) is 43.8 Å². The number of rotatable bonds is 5. The van der Waals surface area contributed by atoms with Crippen LogP contribution in [0.1, 0.15) is 48.5 Å². The second kappa shape index (κ2) is 10.1. The average molecular weight is 367 g/mol. The lowest BCUT2D eigenvalue weighted by Crippen LogP contribution is -2.48. The minimum absolute atomic E-state index is 0. The molecule has 2 saturated heterocycles. The Bertz CT molecular complexity index is 544. The maximum atomic E-state index is 13.0. The van der Waals surface area contributed by atoms with E-state index in [4.69, 9.17) is 4.74 Å². The summed E-state index contributed by atoms with van der Waals surface area (Å²) in [6, 6.07) is 8.51. The molecule has 5 heteroatoms. The smallest absolute Gasteiger partial charge is 0.254 e. The van der Waals surface area contributed by atoms with E-state index in [9.17, 15) is 4.79 Å². The summed E-state index contributed by atoms with van der Waals surface area (Å²) in [4.78, 5) is 15.0. The van der Waals surface area contributed by atoms with E-state index in [0.29, 0.717) is 19.8 Å². The van der Waals surface area contributed by atoms with E-state index in [1.54, 1.807) is 0 Å². The lowest BCUT2D eigenvalue weighted by atomic mass is 9.90. The quantitative estimate of drug-likeness (QED) is 0.869. The minimum atomic E-state index is 0. The highest BCUT2D eigenvalue weighted by molar-refractivity contribution is 5.94. The first-order valence-electron chi connectivity index (χ1n) is 9.46. The highest BCUT2D eigenvalue weighted by Crippen LogP contribution is 2.21. The predicted octanol–water partition coefficient (Wildman–Crippen LogP) is 3.29. The number of nitrogens with one attached hydrogen (secondary N) is 1. The van der Waals surface area contributed by atoms with Crippen LogP contribution >= 0.6 is 12.4 Å². The zero-order valence-corrected chi connectivity index (χ0v) is 16.0. The molecule has 1 atom stereocenters. The molecule has 1 unspecified atom stereocenters. The van der Waals surface area contributed by atoms with E-state index >= 15 is 0 Å². The van der Waals surface area contributed by atoms with Crippen LogP contribution in [0.4, 0.5) is 0 Å². The summed E-state index contributed by atoms with van der Waals surface area (Å²) < 4.78 is 5.58. The molecule has 0 radical (unpaired) electrons. The molecule has 1 aromatic carbocycles. The van der Waals surface area contributed by atoms with Crippen LogP contribution in [0.15, 0.2) is 24.3 Å². The molecule has 0 spiro atoms. The van der Waals surface area contributed by atoms with Gasteiger partial charge in [0.2, 0.25) is 0 Å². The summed E-state index contributed by atoms with van der Waals surface area (Å²) in [6.45, 7) is 6.44. The van der Waals surface area contributed by atoms with Gasteiger partial charge in [-0.2, -0.15) is 0 Å². The number of hydrogen-bond donors (Lipinski definition) is 1. The fraction of sp³-hybridized carbons (Fsp3) is 0.650. The van der Waals surface area contributed by atoms with Gasteiger partial charge < -0.3 is 15.0 Å². The second-order valence-corrected chi connectivity index (χ2v) is 7.11. The van der Waals surface area contributed by atoms with Crippen LogP contribution in [-0.2, 0) is 11.2 Å².